The number of hydrogen-bond acceptors (Lipinski definition) is 11. The number of anilines is 4. The zero-order valence-corrected chi connectivity index (χ0v) is 22.2. The normalized spacial score (nSPS) is 17.0. The lowest BCUT2D eigenvalue weighted by Crippen LogP contribution is -2.38. The van der Waals surface area contributed by atoms with Gasteiger partial charge in [0.25, 0.3) is 0 Å². The van der Waals surface area contributed by atoms with Gasteiger partial charge in [0.2, 0.25) is 24.3 Å². The van der Waals surface area contributed by atoms with Crippen molar-refractivity contribution in [3.8, 4) is 12.8 Å². The summed E-state index contributed by atoms with van der Waals surface area (Å²) in [5, 5.41) is 12.5. The van der Waals surface area contributed by atoms with Crippen molar-refractivity contribution in [2.24, 2.45) is 4.99 Å². The van der Waals surface area contributed by atoms with Crippen LogP contribution in [-0.2, 0) is 9.53 Å². The molecule has 12 nitrogen and oxygen atoms in total. The molecule has 3 aliphatic rings. The van der Waals surface area contributed by atoms with Crippen LogP contribution in [0.25, 0.3) is 0 Å². The molecule has 0 bridgehead atoms. The fourth-order valence-corrected chi connectivity index (χ4v) is 4.19. The van der Waals surface area contributed by atoms with E-state index in [1.807, 2.05) is 0 Å². The van der Waals surface area contributed by atoms with Crippen LogP contribution in [0.5, 0.6) is 0 Å². The van der Waals surface area contributed by atoms with Gasteiger partial charge in [-0.1, -0.05) is 6.58 Å². The van der Waals surface area contributed by atoms with Crippen molar-refractivity contribution < 1.29 is 13.9 Å². The number of halogens is 1. The molecule has 2 aromatic heterocycles. The van der Waals surface area contributed by atoms with E-state index < -0.39 is 5.16 Å². The Hall–Kier alpha value is -3.70. The van der Waals surface area contributed by atoms with Gasteiger partial charge in [-0.05, 0) is 37.4 Å². The third-order valence-electron chi connectivity index (χ3n) is 5.74. The van der Waals surface area contributed by atoms with Crippen molar-refractivity contribution in [1.82, 2.24) is 30.5 Å². The Morgan fingerprint density at radius 3 is 2.37 bits per heavy atom. The maximum atomic E-state index is 12.0. The van der Waals surface area contributed by atoms with Gasteiger partial charge in [-0.15, -0.1) is 12.8 Å². The summed E-state index contributed by atoms with van der Waals surface area (Å²) < 4.78 is 17.4. The van der Waals surface area contributed by atoms with Crippen molar-refractivity contribution in [2.45, 2.75) is 31.6 Å². The predicted octanol–water partition coefficient (Wildman–Crippen LogP) is 2.79. The number of aromatic nitrogens is 5. The number of aliphatic imine (C=N–C) groups is 1. The van der Waals surface area contributed by atoms with Crippen molar-refractivity contribution >= 4 is 47.0 Å². The number of thioether (sulfide) groups is 1. The average molecular weight is 545 g/mol. The van der Waals surface area contributed by atoms with E-state index in [1.165, 1.54) is 38.4 Å². The first-order chi connectivity index (χ1) is 18.6. The number of terminal acetylenes is 1. The number of H-pyrrole nitrogens is 1. The largest absolute Gasteiger partial charge is 0.378 e. The Labute approximate surface area is 225 Å². The van der Waals surface area contributed by atoms with E-state index >= 15 is 0 Å². The highest BCUT2D eigenvalue weighted by Gasteiger charge is 2.26. The lowest BCUT2D eigenvalue weighted by Gasteiger charge is -2.27. The molecule has 1 saturated carbocycles. The first-order valence-electron chi connectivity index (χ1n) is 12.2. The first-order valence-corrected chi connectivity index (χ1v) is 13.1. The molecule has 3 N–H and O–H groups in total. The quantitative estimate of drug-likeness (QED) is 0.207. The highest BCUT2D eigenvalue weighted by molar-refractivity contribution is 8.16. The number of hydrogen-bond donors (Lipinski definition) is 3. The maximum absolute atomic E-state index is 12.0. The minimum absolute atomic E-state index is 0.197. The molecule has 3 fully saturated rings. The summed E-state index contributed by atoms with van der Waals surface area (Å²) in [4.78, 5) is 31.8. The third kappa shape index (κ3) is 8.70. The summed E-state index contributed by atoms with van der Waals surface area (Å²) in [5.41, 5.74) is 1.19. The molecule has 0 radical (unpaired) electrons. The van der Waals surface area contributed by atoms with Gasteiger partial charge in [0.05, 0.1) is 13.2 Å². The maximum Gasteiger partial charge on any atom is 0.235 e. The fraction of sp³-hybridized carbons (Fsp3) is 0.500. The Morgan fingerprint density at radius 2 is 1.82 bits per heavy atom. The standard InChI is InChI=1S/C17H24N8O.C5H7FN2OS.C2H2/c1-2-6-24(5-1)16-19-15(18-14-11-13(22-23-14)12-3-4-12)20-17(21-16)25-7-9-26-10-8-25;1-4(6)10-5(7-2)8-3-9;1-2/h11-12H,1-10H2,(H2,18,19,20,21,22,23);3H,1H2,2H3,(H,7,8,9);1-2H. The zero-order chi connectivity index (χ0) is 27.3. The second-order valence-electron chi connectivity index (χ2n) is 8.41. The van der Waals surface area contributed by atoms with E-state index in [0.717, 1.165) is 37.9 Å². The number of amidine groups is 1. The molecule has 1 aliphatic carbocycles. The van der Waals surface area contributed by atoms with Crippen LogP contribution in [0, 0.1) is 12.8 Å². The van der Waals surface area contributed by atoms with Gasteiger partial charge < -0.3 is 25.2 Å². The molecule has 0 unspecified atom stereocenters. The molecule has 2 aromatic rings. The number of aromatic amines is 1. The van der Waals surface area contributed by atoms with Crippen LogP contribution >= 0.6 is 11.8 Å². The molecule has 38 heavy (non-hydrogen) atoms. The van der Waals surface area contributed by atoms with Gasteiger partial charge in [-0.3, -0.25) is 14.9 Å². The van der Waals surface area contributed by atoms with Crippen molar-refractivity contribution in [3.63, 3.8) is 0 Å². The van der Waals surface area contributed by atoms with E-state index in [0.29, 0.717) is 49.2 Å². The number of ether oxygens (including phenoxy) is 1. The van der Waals surface area contributed by atoms with Crippen LogP contribution in [0.3, 0.4) is 0 Å². The lowest BCUT2D eigenvalue weighted by atomic mass is 10.3. The number of amides is 1. The molecule has 5 rings (SSSR count). The number of nitrogens with one attached hydrogen (secondary N) is 3. The topological polar surface area (TPSA) is 137 Å². The number of rotatable bonds is 7. The van der Waals surface area contributed by atoms with E-state index in [-0.39, 0.29) is 5.17 Å². The van der Waals surface area contributed by atoms with E-state index in [4.69, 9.17) is 9.72 Å². The van der Waals surface area contributed by atoms with Crippen LogP contribution in [0.2, 0.25) is 0 Å². The Kier molecular flexibility index (Phi) is 11.3. The van der Waals surface area contributed by atoms with E-state index in [2.05, 4.69) is 71.1 Å². The Balaban J connectivity index is 0.000000285. The molecule has 204 valence electrons. The van der Waals surface area contributed by atoms with Gasteiger partial charge in [0.15, 0.2) is 16.1 Å². The highest BCUT2D eigenvalue weighted by atomic mass is 32.2. The van der Waals surface area contributed by atoms with Crippen LogP contribution in [0.1, 0.15) is 37.3 Å². The fourth-order valence-electron chi connectivity index (χ4n) is 3.79. The van der Waals surface area contributed by atoms with Crippen LogP contribution in [-0.4, -0.2) is 83.2 Å². The second kappa shape index (κ2) is 14.9. The van der Waals surface area contributed by atoms with Crippen LogP contribution < -0.4 is 20.4 Å². The number of morpholine rings is 1. The van der Waals surface area contributed by atoms with Gasteiger partial charge in [0.1, 0.15) is 0 Å². The summed E-state index contributed by atoms with van der Waals surface area (Å²) in [6.07, 6.45) is 13.3. The molecule has 1 amide bonds. The van der Waals surface area contributed by atoms with Crippen molar-refractivity contribution in [1.29, 1.82) is 0 Å². The minimum Gasteiger partial charge on any atom is -0.378 e. The Bertz CT molecular complexity index is 1110. The van der Waals surface area contributed by atoms with Gasteiger partial charge in [-0.25, -0.2) is 0 Å². The van der Waals surface area contributed by atoms with Crippen molar-refractivity contribution in [2.75, 3.05) is 61.6 Å². The van der Waals surface area contributed by atoms with Gasteiger partial charge in [0, 0.05) is 50.9 Å². The summed E-state index contributed by atoms with van der Waals surface area (Å²) >= 11 is 0.671. The minimum atomic E-state index is -0.602. The number of carbonyl (C=O) groups is 1. The van der Waals surface area contributed by atoms with Gasteiger partial charge >= 0.3 is 0 Å². The average Bonchev–Trinajstić information content (AvgIpc) is 3.43. The third-order valence-corrected chi connectivity index (χ3v) is 6.46. The zero-order valence-electron chi connectivity index (χ0n) is 21.4. The van der Waals surface area contributed by atoms with Crippen LogP contribution in [0.4, 0.5) is 28.1 Å². The molecular formula is C24H33FN10O2S. The molecular weight excluding hydrogens is 511 g/mol. The molecule has 0 spiro atoms. The van der Waals surface area contributed by atoms with Gasteiger partial charge in [-0.2, -0.15) is 24.4 Å². The smallest absolute Gasteiger partial charge is 0.235 e. The Morgan fingerprint density at radius 1 is 1.18 bits per heavy atom. The molecule has 0 atom stereocenters. The SMILES string of the molecule is C#C.C=C(F)SC(=NC)NC=O.c1c(Nc2nc(N3CCCC3)nc(N3CCOCC3)n2)n[nH]c1C1CC1. The summed E-state index contributed by atoms with van der Waals surface area (Å²) in [7, 11) is 1.45. The van der Waals surface area contributed by atoms with Crippen molar-refractivity contribution in [3.05, 3.63) is 23.5 Å². The summed E-state index contributed by atoms with van der Waals surface area (Å²) in [5.74, 6) is 3.42. The second-order valence-corrected chi connectivity index (χ2v) is 9.44. The molecule has 14 heteroatoms. The highest BCUT2D eigenvalue weighted by Crippen LogP contribution is 2.39. The lowest BCUT2D eigenvalue weighted by molar-refractivity contribution is -0.108. The summed E-state index contributed by atoms with van der Waals surface area (Å²) in [6, 6.07) is 2.06. The molecule has 0 aromatic carbocycles. The van der Waals surface area contributed by atoms with E-state index in [1.54, 1.807) is 0 Å². The molecule has 2 aliphatic heterocycles. The predicted molar refractivity (Wildman–Crippen MR) is 148 cm³/mol. The number of nitrogens with zero attached hydrogens (tertiary/aromatic N) is 7. The van der Waals surface area contributed by atoms with E-state index in [9.17, 15) is 9.18 Å². The first kappa shape index (κ1) is 28.9. The molecule has 4 heterocycles. The number of carbonyl (C=O) groups excluding carboxylic acids is 1. The monoisotopic (exact) mass is 544 g/mol. The summed E-state index contributed by atoms with van der Waals surface area (Å²) in [6.45, 7) is 8.00. The molecule has 2 saturated heterocycles. The van der Waals surface area contributed by atoms with Crippen LogP contribution in [0.15, 0.2) is 22.8 Å².